The Morgan fingerprint density at radius 1 is 1.08 bits per heavy atom. The van der Waals surface area contributed by atoms with Gasteiger partial charge in [0.25, 0.3) is 0 Å². The molecule has 142 valence electrons. The van der Waals surface area contributed by atoms with Crippen molar-refractivity contribution in [2.75, 3.05) is 59.8 Å². The fourth-order valence-electron chi connectivity index (χ4n) is 2.43. The lowest BCUT2D eigenvalue weighted by molar-refractivity contribution is 0.0203. The molecule has 1 aliphatic rings. The predicted molar refractivity (Wildman–Crippen MR) is 98.6 cm³/mol. The zero-order chi connectivity index (χ0) is 17.5. The largest absolute Gasteiger partial charge is 0.381 e. The summed E-state index contributed by atoms with van der Waals surface area (Å²) in [7, 11) is 1.79. The Labute approximate surface area is 147 Å². The van der Waals surface area contributed by atoms with Crippen LogP contribution < -0.4 is 10.6 Å². The summed E-state index contributed by atoms with van der Waals surface area (Å²) in [5.41, 5.74) is 0. The quantitative estimate of drug-likeness (QED) is 0.323. The van der Waals surface area contributed by atoms with Crippen LogP contribution in [0, 0.1) is 11.8 Å². The highest BCUT2D eigenvalue weighted by molar-refractivity contribution is 5.79. The summed E-state index contributed by atoms with van der Waals surface area (Å²) in [5, 5.41) is 6.56. The lowest BCUT2D eigenvalue weighted by atomic mass is 10.0. The van der Waals surface area contributed by atoms with Gasteiger partial charge >= 0.3 is 0 Å². The maximum absolute atomic E-state index is 5.76. The van der Waals surface area contributed by atoms with Gasteiger partial charge in [0.15, 0.2) is 5.96 Å². The van der Waals surface area contributed by atoms with Crippen molar-refractivity contribution < 1.29 is 14.2 Å². The van der Waals surface area contributed by atoms with Crippen LogP contribution in [0.25, 0.3) is 0 Å². The van der Waals surface area contributed by atoms with Gasteiger partial charge in [-0.3, -0.25) is 4.99 Å². The molecule has 1 heterocycles. The van der Waals surface area contributed by atoms with Crippen LogP contribution in [0.2, 0.25) is 0 Å². The van der Waals surface area contributed by atoms with Gasteiger partial charge in [0.05, 0.1) is 6.61 Å². The first-order valence-corrected chi connectivity index (χ1v) is 9.40. The van der Waals surface area contributed by atoms with Crippen molar-refractivity contribution in [1.29, 1.82) is 0 Å². The van der Waals surface area contributed by atoms with Crippen LogP contribution >= 0.6 is 0 Å². The van der Waals surface area contributed by atoms with Crippen LogP contribution in [0.15, 0.2) is 4.99 Å². The van der Waals surface area contributed by atoms with Gasteiger partial charge in [-0.05, 0) is 37.5 Å². The number of guanidine groups is 1. The SMILES string of the molecule is CN=C(NCCCOCC1CCOCC1)NCCOCCC(C)C. The van der Waals surface area contributed by atoms with Crippen LogP contribution in [0.5, 0.6) is 0 Å². The van der Waals surface area contributed by atoms with Crippen LogP contribution in [0.4, 0.5) is 0 Å². The number of aliphatic imine (C=N–C) groups is 1. The molecule has 0 aliphatic carbocycles. The molecule has 0 amide bonds. The Balaban J connectivity index is 1.90. The first-order valence-electron chi connectivity index (χ1n) is 9.40. The molecule has 2 N–H and O–H groups in total. The minimum Gasteiger partial charge on any atom is -0.381 e. The number of hydrogen-bond donors (Lipinski definition) is 2. The van der Waals surface area contributed by atoms with Gasteiger partial charge < -0.3 is 24.8 Å². The third-order valence-corrected chi connectivity index (χ3v) is 4.05. The maximum Gasteiger partial charge on any atom is 0.191 e. The van der Waals surface area contributed by atoms with Gasteiger partial charge in [0.2, 0.25) is 0 Å². The van der Waals surface area contributed by atoms with E-state index >= 15 is 0 Å². The van der Waals surface area contributed by atoms with E-state index < -0.39 is 0 Å². The highest BCUT2D eigenvalue weighted by atomic mass is 16.5. The lowest BCUT2D eigenvalue weighted by Gasteiger charge is -2.21. The zero-order valence-corrected chi connectivity index (χ0v) is 15.8. The second kappa shape index (κ2) is 14.5. The average molecular weight is 344 g/mol. The average Bonchev–Trinajstić information content (AvgIpc) is 2.59. The molecular formula is C18H37N3O3. The molecular weight excluding hydrogens is 306 g/mol. The van der Waals surface area contributed by atoms with Crippen molar-refractivity contribution in [1.82, 2.24) is 10.6 Å². The first-order chi connectivity index (χ1) is 11.7. The van der Waals surface area contributed by atoms with E-state index in [0.29, 0.717) is 18.4 Å². The Morgan fingerprint density at radius 2 is 1.83 bits per heavy atom. The Kier molecular flexibility index (Phi) is 12.8. The summed E-state index contributed by atoms with van der Waals surface area (Å²) in [6, 6.07) is 0. The summed E-state index contributed by atoms with van der Waals surface area (Å²) in [6.07, 6.45) is 4.36. The van der Waals surface area contributed by atoms with Crippen molar-refractivity contribution >= 4 is 5.96 Å². The fourth-order valence-corrected chi connectivity index (χ4v) is 2.43. The van der Waals surface area contributed by atoms with E-state index in [2.05, 4.69) is 29.5 Å². The van der Waals surface area contributed by atoms with Crippen LogP contribution in [-0.2, 0) is 14.2 Å². The van der Waals surface area contributed by atoms with E-state index in [9.17, 15) is 0 Å². The second-order valence-electron chi connectivity index (χ2n) is 6.70. The van der Waals surface area contributed by atoms with Gasteiger partial charge in [0.1, 0.15) is 0 Å². The van der Waals surface area contributed by atoms with Gasteiger partial charge in [-0.2, -0.15) is 0 Å². The summed E-state index contributed by atoms with van der Waals surface area (Å²) >= 11 is 0. The summed E-state index contributed by atoms with van der Waals surface area (Å²) in [5.74, 6) is 2.20. The van der Waals surface area contributed by atoms with E-state index in [4.69, 9.17) is 14.2 Å². The molecule has 1 fully saturated rings. The van der Waals surface area contributed by atoms with Crippen molar-refractivity contribution in [2.24, 2.45) is 16.8 Å². The molecule has 0 bridgehead atoms. The van der Waals surface area contributed by atoms with Crippen molar-refractivity contribution in [2.45, 2.75) is 39.5 Å². The summed E-state index contributed by atoms with van der Waals surface area (Å²) in [4.78, 5) is 4.21. The third-order valence-electron chi connectivity index (χ3n) is 4.05. The van der Waals surface area contributed by atoms with Gasteiger partial charge in [-0.25, -0.2) is 0 Å². The molecule has 0 saturated carbocycles. The smallest absolute Gasteiger partial charge is 0.191 e. The van der Waals surface area contributed by atoms with Crippen LogP contribution in [0.3, 0.4) is 0 Å². The van der Waals surface area contributed by atoms with Gasteiger partial charge in [-0.1, -0.05) is 13.8 Å². The minimum atomic E-state index is 0.678. The molecule has 24 heavy (non-hydrogen) atoms. The molecule has 0 aromatic rings. The topological polar surface area (TPSA) is 64.1 Å². The summed E-state index contributed by atoms with van der Waals surface area (Å²) < 4.78 is 16.7. The van der Waals surface area contributed by atoms with Crippen LogP contribution in [0.1, 0.15) is 39.5 Å². The molecule has 0 unspecified atom stereocenters. The van der Waals surface area contributed by atoms with E-state index in [1.165, 1.54) is 0 Å². The lowest BCUT2D eigenvalue weighted by Crippen LogP contribution is -2.39. The number of ether oxygens (including phenoxy) is 3. The standard InChI is InChI=1S/C18H37N3O3/c1-16(2)5-11-23-14-9-21-18(19-3)20-8-4-10-24-15-17-6-12-22-13-7-17/h16-17H,4-15H2,1-3H3,(H2,19,20,21). The molecule has 0 aromatic heterocycles. The summed E-state index contributed by atoms with van der Waals surface area (Å²) in [6.45, 7) is 11.0. The van der Waals surface area contributed by atoms with Gasteiger partial charge in [-0.15, -0.1) is 0 Å². The van der Waals surface area contributed by atoms with Crippen LogP contribution in [-0.4, -0.2) is 65.7 Å². The Bertz CT molecular complexity index is 319. The predicted octanol–water partition coefficient (Wildman–Crippen LogP) is 2.05. The number of nitrogens with zero attached hydrogens (tertiary/aromatic N) is 1. The zero-order valence-electron chi connectivity index (χ0n) is 15.8. The highest BCUT2D eigenvalue weighted by Gasteiger charge is 2.13. The van der Waals surface area contributed by atoms with E-state index in [-0.39, 0.29) is 0 Å². The molecule has 0 aromatic carbocycles. The Morgan fingerprint density at radius 3 is 2.54 bits per heavy atom. The molecule has 0 spiro atoms. The maximum atomic E-state index is 5.76. The monoisotopic (exact) mass is 343 g/mol. The van der Waals surface area contributed by atoms with Crippen molar-refractivity contribution in [3.8, 4) is 0 Å². The van der Waals surface area contributed by atoms with E-state index in [0.717, 1.165) is 77.8 Å². The normalized spacial score (nSPS) is 16.6. The number of nitrogens with one attached hydrogen (secondary N) is 2. The van der Waals surface area contributed by atoms with E-state index in [1.807, 2.05) is 0 Å². The van der Waals surface area contributed by atoms with Crippen molar-refractivity contribution in [3.05, 3.63) is 0 Å². The fraction of sp³-hybridized carbons (Fsp3) is 0.944. The van der Waals surface area contributed by atoms with E-state index in [1.54, 1.807) is 7.05 Å². The highest BCUT2D eigenvalue weighted by Crippen LogP contribution is 2.14. The molecule has 6 nitrogen and oxygen atoms in total. The Hall–Kier alpha value is -0.850. The molecule has 1 saturated heterocycles. The molecule has 0 radical (unpaired) electrons. The molecule has 0 atom stereocenters. The molecule has 6 heteroatoms. The molecule has 1 aliphatic heterocycles. The van der Waals surface area contributed by atoms with Gasteiger partial charge in [0, 0.05) is 53.2 Å². The molecule has 1 rings (SSSR count). The number of rotatable bonds is 12. The number of hydrogen-bond acceptors (Lipinski definition) is 4. The van der Waals surface area contributed by atoms with Crippen molar-refractivity contribution in [3.63, 3.8) is 0 Å². The minimum absolute atomic E-state index is 0.678. The first kappa shape index (κ1) is 21.2. The second-order valence-corrected chi connectivity index (χ2v) is 6.70. The third kappa shape index (κ3) is 11.6.